The first-order valence-electron chi connectivity index (χ1n) is 7.71. The molecule has 2 unspecified atom stereocenters. The highest BCUT2D eigenvalue weighted by molar-refractivity contribution is 5.95. The zero-order valence-electron chi connectivity index (χ0n) is 12.8. The number of nitrogens with one attached hydrogen (secondary N) is 2. The third-order valence-corrected chi connectivity index (χ3v) is 4.58. The Morgan fingerprint density at radius 2 is 2.20 bits per heavy atom. The van der Waals surface area contributed by atoms with Gasteiger partial charge in [-0.2, -0.15) is 0 Å². The van der Waals surface area contributed by atoms with Gasteiger partial charge in [0.15, 0.2) is 0 Å². The summed E-state index contributed by atoms with van der Waals surface area (Å²) < 4.78 is 0. The van der Waals surface area contributed by atoms with Gasteiger partial charge in [-0.1, -0.05) is 25.5 Å². The summed E-state index contributed by atoms with van der Waals surface area (Å²) in [6.07, 6.45) is 3.70. The molecule has 1 saturated heterocycles. The predicted molar refractivity (Wildman–Crippen MR) is 83.1 cm³/mol. The first kappa shape index (κ1) is 15.0. The van der Waals surface area contributed by atoms with E-state index in [9.17, 15) is 4.79 Å². The van der Waals surface area contributed by atoms with E-state index in [1.165, 1.54) is 24.8 Å². The molecule has 1 aromatic carbocycles. The molecule has 2 atom stereocenters. The minimum atomic E-state index is 0.0495. The van der Waals surface area contributed by atoms with Gasteiger partial charge in [-0.05, 0) is 56.3 Å². The topological polar surface area (TPSA) is 41.1 Å². The van der Waals surface area contributed by atoms with Gasteiger partial charge in [0.25, 0.3) is 5.91 Å². The number of benzene rings is 1. The van der Waals surface area contributed by atoms with E-state index < -0.39 is 0 Å². The van der Waals surface area contributed by atoms with E-state index in [2.05, 4.69) is 17.6 Å². The van der Waals surface area contributed by atoms with Crippen molar-refractivity contribution in [3.63, 3.8) is 0 Å². The van der Waals surface area contributed by atoms with Gasteiger partial charge in [-0.3, -0.25) is 4.79 Å². The summed E-state index contributed by atoms with van der Waals surface area (Å²) >= 11 is 0. The second kappa shape index (κ2) is 6.89. The Hall–Kier alpha value is -1.35. The van der Waals surface area contributed by atoms with Crippen molar-refractivity contribution in [3.8, 4) is 0 Å². The SMILES string of the molecule is CCC1CCCNC1CNC(=O)c1cccc(C)c1C. The van der Waals surface area contributed by atoms with Crippen molar-refractivity contribution < 1.29 is 4.79 Å². The molecule has 0 radical (unpaired) electrons. The van der Waals surface area contributed by atoms with E-state index in [0.29, 0.717) is 12.0 Å². The van der Waals surface area contributed by atoms with Crippen molar-refractivity contribution in [2.75, 3.05) is 13.1 Å². The number of aryl methyl sites for hydroxylation is 1. The molecule has 1 heterocycles. The molecular formula is C17H26N2O. The first-order chi connectivity index (χ1) is 9.63. The molecule has 0 bridgehead atoms. The maximum Gasteiger partial charge on any atom is 0.251 e. The minimum absolute atomic E-state index is 0.0495. The van der Waals surface area contributed by atoms with Crippen molar-refractivity contribution >= 4 is 5.91 Å². The molecule has 1 aliphatic heterocycles. The zero-order chi connectivity index (χ0) is 14.5. The molecule has 1 fully saturated rings. The summed E-state index contributed by atoms with van der Waals surface area (Å²) in [7, 11) is 0. The van der Waals surface area contributed by atoms with Gasteiger partial charge in [0.1, 0.15) is 0 Å². The number of carbonyl (C=O) groups excluding carboxylic acids is 1. The molecule has 1 aliphatic rings. The molecule has 20 heavy (non-hydrogen) atoms. The van der Waals surface area contributed by atoms with Crippen LogP contribution >= 0.6 is 0 Å². The van der Waals surface area contributed by atoms with Gasteiger partial charge in [0.05, 0.1) is 0 Å². The molecule has 2 rings (SSSR count). The van der Waals surface area contributed by atoms with Crippen LogP contribution in [0.25, 0.3) is 0 Å². The number of carbonyl (C=O) groups is 1. The molecule has 1 aromatic rings. The summed E-state index contributed by atoms with van der Waals surface area (Å²) in [6, 6.07) is 6.32. The van der Waals surface area contributed by atoms with Crippen LogP contribution in [-0.4, -0.2) is 25.0 Å². The molecule has 3 heteroatoms. The largest absolute Gasteiger partial charge is 0.350 e. The van der Waals surface area contributed by atoms with Crippen LogP contribution in [-0.2, 0) is 0 Å². The van der Waals surface area contributed by atoms with Gasteiger partial charge >= 0.3 is 0 Å². The van der Waals surface area contributed by atoms with Crippen molar-refractivity contribution in [1.29, 1.82) is 0 Å². The van der Waals surface area contributed by atoms with Gasteiger partial charge in [-0.15, -0.1) is 0 Å². The normalized spacial score (nSPS) is 22.6. The maximum absolute atomic E-state index is 12.3. The van der Waals surface area contributed by atoms with Crippen LogP contribution in [0.5, 0.6) is 0 Å². The van der Waals surface area contributed by atoms with Gasteiger partial charge < -0.3 is 10.6 Å². The summed E-state index contributed by atoms with van der Waals surface area (Å²) in [5, 5.41) is 6.64. The maximum atomic E-state index is 12.3. The Labute approximate surface area is 122 Å². The Bertz CT molecular complexity index is 470. The van der Waals surface area contributed by atoms with Gasteiger partial charge in [0.2, 0.25) is 0 Å². The van der Waals surface area contributed by atoms with E-state index >= 15 is 0 Å². The number of hydrogen-bond acceptors (Lipinski definition) is 2. The van der Waals surface area contributed by atoms with E-state index in [4.69, 9.17) is 0 Å². The van der Waals surface area contributed by atoms with Crippen LogP contribution in [0.3, 0.4) is 0 Å². The van der Waals surface area contributed by atoms with Crippen molar-refractivity contribution in [2.24, 2.45) is 5.92 Å². The van der Waals surface area contributed by atoms with Gasteiger partial charge in [-0.25, -0.2) is 0 Å². The molecule has 0 saturated carbocycles. The van der Waals surface area contributed by atoms with E-state index in [1.54, 1.807) is 0 Å². The highest BCUT2D eigenvalue weighted by atomic mass is 16.1. The third kappa shape index (κ3) is 3.40. The van der Waals surface area contributed by atoms with Crippen LogP contribution in [0, 0.1) is 19.8 Å². The molecule has 1 amide bonds. The van der Waals surface area contributed by atoms with Crippen LogP contribution in [0.4, 0.5) is 0 Å². The lowest BCUT2D eigenvalue weighted by atomic mass is 9.88. The molecule has 0 aliphatic carbocycles. The number of amides is 1. The Morgan fingerprint density at radius 1 is 1.40 bits per heavy atom. The third-order valence-electron chi connectivity index (χ3n) is 4.58. The van der Waals surface area contributed by atoms with Crippen molar-refractivity contribution in [3.05, 3.63) is 34.9 Å². The molecular weight excluding hydrogens is 248 g/mol. The van der Waals surface area contributed by atoms with E-state index in [0.717, 1.165) is 24.2 Å². The summed E-state index contributed by atoms with van der Waals surface area (Å²) in [4.78, 5) is 12.3. The highest BCUT2D eigenvalue weighted by Gasteiger charge is 2.23. The standard InChI is InChI=1S/C17H26N2O/c1-4-14-8-6-10-18-16(14)11-19-17(20)15-9-5-7-12(2)13(15)3/h5,7,9,14,16,18H,4,6,8,10-11H2,1-3H3,(H,19,20). The van der Waals surface area contributed by atoms with E-state index in [-0.39, 0.29) is 5.91 Å². The number of rotatable bonds is 4. The predicted octanol–water partition coefficient (Wildman–Crippen LogP) is 2.81. The fourth-order valence-corrected chi connectivity index (χ4v) is 3.04. The average molecular weight is 274 g/mol. The molecule has 0 spiro atoms. The fraction of sp³-hybridized carbons (Fsp3) is 0.588. The zero-order valence-corrected chi connectivity index (χ0v) is 12.8. The van der Waals surface area contributed by atoms with Crippen LogP contribution in [0.2, 0.25) is 0 Å². The number of piperidine rings is 1. The first-order valence-corrected chi connectivity index (χ1v) is 7.71. The van der Waals surface area contributed by atoms with Crippen LogP contribution < -0.4 is 10.6 Å². The second-order valence-corrected chi connectivity index (χ2v) is 5.83. The molecule has 110 valence electrons. The van der Waals surface area contributed by atoms with Crippen molar-refractivity contribution in [2.45, 2.75) is 46.1 Å². The minimum Gasteiger partial charge on any atom is -0.350 e. The molecule has 3 nitrogen and oxygen atoms in total. The summed E-state index contributed by atoms with van der Waals surface area (Å²) in [6.45, 7) is 8.09. The smallest absolute Gasteiger partial charge is 0.251 e. The monoisotopic (exact) mass is 274 g/mol. The van der Waals surface area contributed by atoms with Gasteiger partial charge in [0, 0.05) is 18.2 Å². The average Bonchev–Trinajstić information content (AvgIpc) is 2.48. The fourth-order valence-electron chi connectivity index (χ4n) is 3.04. The van der Waals surface area contributed by atoms with E-state index in [1.807, 2.05) is 32.0 Å². The lowest BCUT2D eigenvalue weighted by Gasteiger charge is -2.32. The quantitative estimate of drug-likeness (QED) is 0.886. The Morgan fingerprint density at radius 3 is 2.95 bits per heavy atom. The lowest BCUT2D eigenvalue weighted by Crippen LogP contribution is -2.48. The molecule has 2 N–H and O–H groups in total. The summed E-state index contributed by atoms with van der Waals surface area (Å²) in [5.74, 6) is 0.732. The number of hydrogen-bond donors (Lipinski definition) is 2. The lowest BCUT2D eigenvalue weighted by molar-refractivity contribution is 0.0941. The van der Waals surface area contributed by atoms with Crippen LogP contribution in [0.15, 0.2) is 18.2 Å². The second-order valence-electron chi connectivity index (χ2n) is 5.83. The summed E-state index contributed by atoms with van der Waals surface area (Å²) in [5.41, 5.74) is 3.04. The molecule has 0 aromatic heterocycles. The Balaban J connectivity index is 1.96. The van der Waals surface area contributed by atoms with Crippen LogP contribution in [0.1, 0.15) is 47.7 Å². The highest BCUT2D eigenvalue weighted by Crippen LogP contribution is 2.19. The Kier molecular flexibility index (Phi) is 5.18. The van der Waals surface area contributed by atoms with Crippen molar-refractivity contribution in [1.82, 2.24) is 10.6 Å².